The first-order valence-electron chi connectivity index (χ1n) is 5.31. The minimum Gasteiger partial charge on any atom is -0.495 e. The molecule has 0 saturated heterocycles. The Morgan fingerprint density at radius 1 is 1.56 bits per heavy atom. The third-order valence-electron chi connectivity index (χ3n) is 2.34. The first kappa shape index (κ1) is 10.7. The van der Waals surface area contributed by atoms with Gasteiger partial charge in [0.05, 0.1) is 19.9 Å². The van der Waals surface area contributed by atoms with Crippen LogP contribution in [0.5, 0.6) is 5.75 Å². The van der Waals surface area contributed by atoms with Crippen molar-refractivity contribution < 1.29 is 9.53 Å². The molecule has 5 heteroatoms. The van der Waals surface area contributed by atoms with Crippen LogP contribution >= 0.6 is 0 Å². The topological polar surface area (TPSA) is 63.2 Å². The summed E-state index contributed by atoms with van der Waals surface area (Å²) in [5.41, 5.74) is 0. The number of methoxy groups -OCH3 is 1. The standard InChI is InChI=1S/C11H15N3O2/c1-16-9-4-5-10(12-6-9)13-7-11(15)14-8-2-3-8/h4-6,8H,2-3,7H2,1H3,(H,12,13)(H,14,15). The van der Waals surface area contributed by atoms with E-state index in [1.54, 1.807) is 25.4 Å². The molecule has 5 nitrogen and oxygen atoms in total. The maximum Gasteiger partial charge on any atom is 0.239 e. The average Bonchev–Trinajstić information content (AvgIpc) is 3.11. The van der Waals surface area contributed by atoms with Crippen molar-refractivity contribution in [3.8, 4) is 5.75 Å². The Bertz CT molecular complexity index is 360. The van der Waals surface area contributed by atoms with E-state index in [1.807, 2.05) is 0 Å². The fourth-order valence-corrected chi connectivity index (χ4v) is 1.28. The molecule has 2 rings (SSSR count). The van der Waals surface area contributed by atoms with Gasteiger partial charge < -0.3 is 15.4 Å². The van der Waals surface area contributed by atoms with Crippen LogP contribution < -0.4 is 15.4 Å². The van der Waals surface area contributed by atoms with Gasteiger partial charge >= 0.3 is 0 Å². The van der Waals surface area contributed by atoms with Crippen molar-refractivity contribution in [1.29, 1.82) is 0 Å². The number of nitrogens with zero attached hydrogens (tertiary/aromatic N) is 1. The molecule has 1 aliphatic carbocycles. The first-order chi connectivity index (χ1) is 7.78. The van der Waals surface area contributed by atoms with Crippen molar-refractivity contribution in [3.63, 3.8) is 0 Å². The molecular formula is C11H15N3O2. The summed E-state index contributed by atoms with van der Waals surface area (Å²) in [6.07, 6.45) is 3.82. The summed E-state index contributed by atoms with van der Waals surface area (Å²) in [6, 6.07) is 3.98. The second-order valence-electron chi connectivity index (χ2n) is 3.78. The monoisotopic (exact) mass is 221 g/mol. The largest absolute Gasteiger partial charge is 0.495 e. The number of anilines is 1. The number of pyridine rings is 1. The molecule has 0 aliphatic heterocycles. The van der Waals surface area contributed by atoms with Crippen LogP contribution in [0.2, 0.25) is 0 Å². The van der Waals surface area contributed by atoms with Gasteiger partial charge in [-0.2, -0.15) is 0 Å². The third kappa shape index (κ3) is 3.12. The van der Waals surface area contributed by atoms with E-state index in [4.69, 9.17) is 4.74 Å². The summed E-state index contributed by atoms with van der Waals surface area (Å²) in [6.45, 7) is 0.260. The molecule has 0 spiro atoms. The van der Waals surface area contributed by atoms with Gasteiger partial charge in [0, 0.05) is 6.04 Å². The lowest BCUT2D eigenvalue weighted by atomic mass is 10.4. The highest BCUT2D eigenvalue weighted by Gasteiger charge is 2.22. The van der Waals surface area contributed by atoms with Crippen molar-refractivity contribution in [2.75, 3.05) is 19.0 Å². The Morgan fingerprint density at radius 2 is 2.38 bits per heavy atom. The van der Waals surface area contributed by atoms with E-state index in [-0.39, 0.29) is 12.5 Å². The molecule has 2 N–H and O–H groups in total. The van der Waals surface area contributed by atoms with Crippen LogP contribution in [0.25, 0.3) is 0 Å². The highest BCUT2D eigenvalue weighted by atomic mass is 16.5. The Morgan fingerprint density at radius 3 is 2.94 bits per heavy atom. The number of hydrogen-bond donors (Lipinski definition) is 2. The molecule has 0 radical (unpaired) electrons. The number of hydrogen-bond acceptors (Lipinski definition) is 4. The van der Waals surface area contributed by atoms with E-state index in [2.05, 4.69) is 15.6 Å². The summed E-state index contributed by atoms with van der Waals surface area (Å²) >= 11 is 0. The summed E-state index contributed by atoms with van der Waals surface area (Å²) in [5, 5.41) is 5.84. The number of aromatic nitrogens is 1. The highest BCUT2D eigenvalue weighted by molar-refractivity contribution is 5.80. The fraction of sp³-hybridized carbons (Fsp3) is 0.455. The van der Waals surface area contributed by atoms with Crippen molar-refractivity contribution >= 4 is 11.7 Å². The number of nitrogens with one attached hydrogen (secondary N) is 2. The lowest BCUT2D eigenvalue weighted by molar-refractivity contribution is -0.119. The van der Waals surface area contributed by atoms with Gasteiger partial charge in [-0.15, -0.1) is 0 Å². The Balaban J connectivity index is 1.76. The maximum absolute atomic E-state index is 11.4. The van der Waals surface area contributed by atoms with Crippen LogP contribution in [0.3, 0.4) is 0 Å². The molecule has 1 aromatic rings. The quantitative estimate of drug-likeness (QED) is 0.771. The van der Waals surface area contributed by atoms with E-state index in [0.717, 1.165) is 12.8 Å². The lowest BCUT2D eigenvalue weighted by Gasteiger charge is -2.06. The summed E-state index contributed by atoms with van der Waals surface area (Å²) in [5.74, 6) is 1.39. The van der Waals surface area contributed by atoms with Gasteiger partial charge in [0.25, 0.3) is 0 Å². The fourth-order valence-electron chi connectivity index (χ4n) is 1.28. The third-order valence-corrected chi connectivity index (χ3v) is 2.34. The van der Waals surface area contributed by atoms with E-state index < -0.39 is 0 Å². The molecule has 1 aliphatic rings. The number of ether oxygens (including phenoxy) is 1. The van der Waals surface area contributed by atoms with E-state index in [0.29, 0.717) is 17.6 Å². The van der Waals surface area contributed by atoms with Gasteiger partial charge in [0.15, 0.2) is 0 Å². The molecule has 0 aromatic carbocycles. The van der Waals surface area contributed by atoms with Crippen molar-refractivity contribution in [1.82, 2.24) is 10.3 Å². The van der Waals surface area contributed by atoms with Crippen LogP contribution in [0.1, 0.15) is 12.8 Å². The molecule has 1 saturated carbocycles. The number of carbonyl (C=O) groups excluding carboxylic acids is 1. The molecule has 16 heavy (non-hydrogen) atoms. The van der Waals surface area contributed by atoms with Crippen molar-refractivity contribution in [2.45, 2.75) is 18.9 Å². The molecule has 1 amide bonds. The van der Waals surface area contributed by atoms with Crippen LogP contribution in [0, 0.1) is 0 Å². The second-order valence-corrected chi connectivity index (χ2v) is 3.78. The Kier molecular flexibility index (Phi) is 3.24. The van der Waals surface area contributed by atoms with Crippen molar-refractivity contribution in [3.05, 3.63) is 18.3 Å². The maximum atomic E-state index is 11.4. The highest BCUT2D eigenvalue weighted by Crippen LogP contribution is 2.18. The van der Waals surface area contributed by atoms with E-state index in [9.17, 15) is 4.79 Å². The smallest absolute Gasteiger partial charge is 0.239 e. The minimum atomic E-state index is 0.0140. The van der Waals surface area contributed by atoms with Crippen LogP contribution in [0.15, 0.2) is 18.3 Å². The van der Waals surface area contributed by atoms with Crippen LogP contribution in [-0.4, -0.2) is 30.6 Å². The number of rotatable bonds is 5. The average molecular weight is 221 g/mol. The summed E-state index contributed by atoms with van der Waals surface area (Å²) < 4.78 is 4.99. The summed E-state index contributed by atoms with van der Waals surface area (Å²) in [7, 11) is 1.59. The van der Waals surface area contributed by atoms with Crippen LogP contribution in [0.4, 0.5) is 5.82 Å². The predicted molar refractivity (Wildman–Crippen MR) is 60.4 cm³/mol. The van der Waals surface area contributed by atoms with Gasteiger partial charge in [0.1, 0.15) is 11.6 Å². The van der Waals surface area contributed by atoms with E-state index in [1.165, 1.54) is 0 Å². The zero-order chi connectivity index (χ0) is 11.4. The van der Waals surface area contributed by atoms with Gasteiger partial charge in [-0.3, -0.25) is 4.79 Å². The zero-order valence-corrected chi connectivity index (χ0v) is 9.19. The molecule has 1 heterocycles. The lowest BCUT2D eigenvalue weighted by Crippen LogP contribution is -2.31. The predicted octanol–water partition coefficient (Wildman–Crippen LogP) is 0.781. The Labute approximate surface area is 94.2 Å². The molecule has 1 aromatic heterocycles. The Hall–Kier alpha value is -1.78. The van der Waals surface area contributed by atoms with Gasteiger partial charge in [-0.25, -0.2) is 4.98 Å². The SMILES string of the molecule is COc1ccc(NCC(=O)NC2CC2)nc1. The summed E-state index contributed by atoms with van der Waals surface area (Å²) in [4.78, 5) is 15.5. The normalized spacial score (nSPS) is 14.3. The molecule has 0 atom stereocenters. The molecule has 0 bridgehead atoms. The zero-order valence-electron chi connectivity index (χ0n) is 9.19. The molecule has 1 fully saturated rings. The molecular weight excluding hydrogens is 206 g/mol. The minimum absolute atomic E-state index is 0.0140. The first-order valence-corrected chi connectivity index (χ1v) is 5.31. The van der Waals surface area contributed by atoms with E-state index >= 15 is 0 Å². The van der Waals surface area contributed by atoms with Gasteiger partial charge in [-0.05, 0) is 25.0 Å². The molecule has 86 valence electrons. The van der Waals surface area contributed by atoms with Crippen molar-refractivity contribution in [2.24, 2.45) is 0 Å². The second kappa shape index (κ2) is 4.83. The van der Waals surface area contributed by atoms with Gasteiger partial charge in [0.2, 0.25) is 5.91 Å². The van der Waals surface area contributed by atoms with Crippen LogP contribution in [-0.2, 0) is 4.79 Å². The molecule has 0 unspecified atom stereocenters. The number of amides is 1. The van der Waals surface area contributed by atoms with Gasteiger partial charge in [-0.1, -0.05) is 0 Å². The number of carbonyl (C=O) groups is 1.